The second-order valence-corrected chi connectivity index (χ2v) is 2.03. The Morgan fingerprint density at radius 2 is 2.22 bits per heavy atom. The summed E-state index contributed by atoms with van der Waals surface area (Å²) in [5, 5.41) is 2.41. The van der Waals surface area contributed by atoms with Crippen LogP contribution in [-0.4, -0.2) is 18.0 Å². The van der Waals surface area contributed by atoms with Crippen LogP contribution in [0.15, 0.2) is 0 Å². The van der Waals surface area contributed by atoms with Gasteiger partial charge >= 0.3 is 0 Å². The van der Waals surface area contributed by atoms with E-state index < -0.39 is 6.43 Å². The normalized spacial score (nSPS) is 9.78. The molecule has 0 heterocycles. The van der Waals surface area contributed by atoms with Gasteiger partial charge in [0.15, 0.2) is 0 Å². The second-order valence-electron chi connectivity index (χ2n) is 1.59. The number of hydrogen-bond donors (Lipinski definition) is 1. The van der Waals surface area contributed by atoms with Gasteiger partial charge in [0.05, 0.1) is 0 Å². The van der Waals surface area contributed by atoms with Gasteiger partial charge in [0.1, 0.15) is 4.99 Å². The van der Waals surface area contributed by atoms with E-state index in [0.29, 0.717) is 6.54 Å². The Balaban J connectivity index is 3.28. The molecule has 0 aromatic heterocycles. The van der Waals surface area contributed by atoms with Crippen molar-refractivity contribution in [3.8, 4) is 0 Å². The molecule has 0 atom stereocenters. The topological polar surface area (TPSA) is 12.0 Å². The largest absolute Gasteiger partial charge is 0.375 e. The van der Waals surface area contributed by atoms with E-state index in [1.165, 1.54) is 0 Å². The summed E-state index contributed by atoms with van der Waals surface area (Å²) in [4.78, 5) is -0.350. The molecule has 0 fully saturated rings. The van der Waals surface area contributed by atoms with E-state index in [1.807, 2.05) is 6.92 Å². The van der Waals surface area contributed by atoms with Crippen molar-refractivity contribution in [3.63, 3.8) is 0 Å². The summed E-state index contributed by atoms with van der Waals surface area (Å²) in [6.07, 6.45) is -1.70. The van der Waals surface area contributed by atoms with Crippen LogP contribution in [0.4, 0.5) is 8.78 Å². The summed E-state index contributed by atoms with van der Waals surface area (Å²) >= 11 is 4.28. The molecular weight excluding hydrogens is 144 g/mol. The highest BCUT2D eigenvalue weighted by Gasteiger charge is 2.07. The van der Waals surface area contributed by atoms with Crippen LogP contribution >= 0.6 is 12.2 Å². The van der Waals surface area contributed by atoms with E-state index in [9.17, 15) is 8.78 Å². The molecule has 0 aromatic carbocycles. The molecule has 0 aromatic rings. The Morgan fingerprint density at radius 3 is 2.56 bits per heavy atom. The van der Waals surface area contributed by atoms with Crippen LogP contribution in [0.3, 0.4) is 0 Å². The first kappa shape index (κ1) is 8.75. The molecular formula is C5H9F2NS. The summed E-state index contributed by atoms with van der Waals surface area (Å²) in [6, 6.07) is 0. The van der Waals surface area contributed by atoms with E-state index in [0.717, 1.165) is 6.42 Å². The molecule has 0 radical (unpaired) electrons. The van der Waals surface area contributed by atoms with Crippen LogP contribution in [0.1, 0.15) is 13.3 Å². The molecule has 54 valence electrons. The molecule has 0 rings (SSSR count). The summed E-state index contributed by atoms with van der Waals surface area (Å²) in [5.74, 6) is 0. The summed E-state index contributed by atoms with van der Waals surface area (Å²) in [7, 11) is 0. The first-order valence-corrected chi connectivity index (χ1v) is 3.15. The fourth-order valence-electron chi connectivity index (χ4n) is 0.325. The average Bonchev–Trinajstić information content (AvgIpc) is 1.82. The molecule has 0 bridgehead atoms. The highest BCUT2D eigenvalue weighted by atomic mass is 32.1. The number of hydrogen-bond acceptors (Lipinski definition) is 1. The first-order chi connectivity index (χ1) is 4.18. The second kappa shape index (κ2) is 4.61. The maximum atomic E-state index is 11.5. The lowest BCUT2D eigenvalue weighted by Crippen LogP contribution is -2.27. The molecule has 9 heavy (non-hydrogen) atoms. The van der Waals surface area contributed by atoms with Crippen molar-refractivity contribution in [2.45, 2.75) is 19.8 Å². The predicted molar refractivity (Wildman–Crippen MR) is 36.9 cm³/mol. The van der Waals surface area contributed by atoms with Crippen molar-refractivity contribution < 1.29 is 8.78 Å². The lowest BCUT2D eigenvalue weighted by atomic mass is 10.5. The Hall–Kier alpha value is -0.250. The first-order valence-electron chi connectivity index (χ1n) is 2.74. The van der Waals surface area contributed by atoms with Gasteiger partial charge in [0.2, 0.25) is 0 Å². The minimum Gasteiger partial charge on any atom is -0.375 e. The van der Waals surface area contributed by atoms with Gasteiger partial charge in [0, 0.05) is 6.54 Å². The highest BCUT2D eigenvalue weighted by molar-refractivity contribution is 7.80. The van der Waals surface area contributed by atoms with Gasteiger partial charge < -0.3 is 5.32 Å². The molecule has 4 heteroatoms. The zero-order valence-corrected chi connectivity index (χ0v) is 5.97. The van der Waals surface area contributed by atoms with Crippen LogP contribution in [0.2, 0.25) is 0 Å². The number of nitrogens with one attached hydrogen (secondary N) is 1. The van der Waals surface area contributed by atoms with Gasteiger partial charge in [-0.05, 0) is 6.42 Å². The molecule has 0 aliphatic heterocycles. The van der Waals surface area contributed by atoms with E-state index in [-0.39, 0.29) is 4.99 Å². The summed E-state index contributed by atoms with van der Waals surface area (Å²) < 4.78 is 23.1. The molecule has 1 nitrogen and oxygen atoms in total. The standard InChI is InChI=1S/C5H9F2NS/c1-2-3-8-5(9)4(6)7/h4H,2-3H2,1H3,(H,8,9). The van der Waals surface area contributed by atoms with E-state index in [4.69, 9.17) is 0 Å². The summed E-state index contributed by atoms with van der Waals surface area (Å²) in [5.41, 5.74) is 0. The molecule has 0 saturated heterocycles. The zero-order chi connectivity index (χ0) is 7.28. The van der Waals surface area contributed by atoms with Crippen molar-refractivity contribution in [1.29, 1.82) is 0 Å². The Bertz CT molecular complexity index is 95.0. The van der Waals surface area contributed by atoms with Crippen LogP contribution in [-0.2, 0) is 0 Å². The van der Waals surface area contributed by atoms with Crippen molar-refractivity contribution in [3.05, 3.63) is 0 Å². The third-order valence-corrected chi connectivity index (χ3v) is 1.07. The van der Waals surface area contributed by atoms with Gasteiger partial charge in [-0.25, -0.2) is 8.78 Å². The van der Waals surface area contributed by atoms with Crippen molar-refractivity contribution in [1.82, 2.24) is 5.32 Å². The van der Waals surface area contributed by atoms with E-state index >= 15 is 0 Å². The molecule has 0 aliphatic carbocycles. The molecule has 0 spiro atoms. The maximum Gasteiger partial charge on any atom is 0.288 e. The van der Waals surface area contributed by atoms with Crippen molar-refractivity contribution in [2.24, 2.45) is 0 Å². The van der Waals surface area contributed by atoms with Crippen LogP contribution < -0.4 is 5.32 Å². The van der Waals surface area contributed by atoms with Gasteiger partial charge in [-0.15, -0.1) is 0 Å². The van der Waals surface area contributed by atoms with Crippen LogP contribution in [0.25, 0.3) is 0 Å². The van der Waals surface area contributed by atoms with Gasteiger partial charge in [-0.3, -0.25) is 0 Å². The number of alkyl halides is 2. The minimum absolute atomic E-state index is 0.350. The lowest BCUT2D eigenvalue weighted by molar-refractivity contribution is 0.224. The minimum atomic E-state index is -2.51. The third kappa shape index (κ3) is 4.27. The van der Waals surface area contributed by atoms with Crippen molar-refractivity contribution >= 4 is 17.2 Å². The Kier molecular flexibility index (Phi) is 4.48. The van der Waals surface area contributed by atoms with E-state index in [2.05, 4.69) is 17.5 Å². The molecule has 0 saturated carbocycles. The lowest BCUT2D eigenvalue weighted by Gasteiger charge is -2.02. The average molecular weight is 153 g/mol. The summed E-state index contributed by atoms with van der Waals surface area (Å²) in [6.45, 7) is 2.42. The SMILES string of the molecule is CCCNC(=S)C(F)F. The van der Waals surface area contributed by atoms with Gasteiger partial charge in [0.25, 0.3) is 6.43 Å². The molecule has 1 N–H and O–H groups in total. The van der Waals surface area contributed by atoms with Gasteiger partial charge in [-0.1, -0.05) is 19.1 Å². The van der Waals surface area contributed by atoms with E-state index in [1.54, 1.807) is 0 Å². The van der Waals surface area contributed by atoms with Gasteiger partial charge in [-0.2, -0.15) is 0 Å². The van der Waals surface area contributed by atoms with Crippen LogP contribution in [0.5, 0.6) is 0 Å². The monoisotopic (exact) mass is 153 g/mol. The number of thiocarbonyl (C=S) groups is 1. The third-order valence-electron chi connectivity index (χ3n) is 0.747. The molecule has 0 unspecified atom stereocenters. The Morgan fingerprint density at radius 1 is 1.67 bits per heavy atom. The number of halogens is 2. The Labute approximate surface area is 58.4 Å². The fourth-order valence-corrected chi connectivity index (χ4v) is 0.427. The highest BCUT2D eigenvalue weighted by Crippen LogP contribution is 1.92. The van der Waals surface area contributed by atoms with Crippen molar-refractivity contribution in [2.75, 3.05) is 6.54 Å². The van der Waals surface area contributed by atoms with Crippen LogP contribution in [0, 0.1) is 0 Å². The molecule has 0 amide bonds. The fraction of sp³-hybridized carbons (Fsp3) is 0.800. The number of rotatable bonds is 3. The smallest absolute Gasteiger partial charge is 0.288 e. The zero-order valence-electron chi connectivity index (χ0n) is 5.16. The predicted octanol–water partition coefficient (Wildman–Crippen LogP) is 1.58. The maximum absolute atomic E-state index is 11.5. The quantitative estimate of drug-likeness (QED) is 0.618. The molecule has 0 aliphatic rings.